The van der Waals surface area contributed by atoms with E-state index in [1.54, 1.807) is 23.0 Å². The molecule has 4 rings (SSSR count). The van der Waals surface area contributed by atoms with E-state index >= 15 is 0 Å². The topological polar surface area (TPSA) is 73.2 Å². The molecule has 3 aromatic rings. The lowest BCUT2D eigenvalue weighted by molar-refractivity contribution is -0.118. The highest BCUT2D eigenvalue weighted by atomic mass is 32.2. The van der Waals surface area contributed by atoms with Gasteiger partial charge in [0.25, 0.3) is 5.56 Å². The maximum atomic E-state index is 13.6. The molecule has 1 N–H and O–H groups in total. The van der Waals surface area contributed by atoms with Gasteiger partial charge in [-0.15, -0.1) is 11.3 Å². The number of nitrogens with one attached hydrogen (secondary N) is 1. The van der Waals surface area contributed by atoms with E-state index < -0.39 is 0 Å². The first-order chi connectivity index (χ1) is 15.6. The molecule has 1 aromatic carbocycles. The van der Waals surface area contributed by atoms with Gasteiger partial charge in [-0.05, 0) is 42.7 Å². The summed E-state index contributed by atoms with van der Waals surface area (Å²) in [7, 11) is 1.60. The Kier molecular flexibility index (Phi) is 7.65. The summed E-state index contributed by atoms with van der Waals surface area (Å²) < 4.78 is 6.75. The second-order valence-corrected chi connectivity index (χ2v) is 10.3. The van der Waals surface area contributed by atoms with Crippen molar-refractivity contribution >= 4 is 39.2 Å². The molecular weight excluding hydrogens is 442 g/mol. The smallest absolute Gasteiger partial charge is 0.263 e. The van der Waals surface area contributed by atoms with Crippen molar-refractivity contribution in [2.24, 2.45) is 5.92 Å². The van der Waals surface area contributed by atoms with Crippen molar-refractivity contribution in [1.29, 1.82) is 0 Å². The molecule has 1 aliphatic carbocycles. The Balaban J connectivity index is 1.64. The van der Waals surface area contributed by atoms with Crippen LogP contribution >= 0.6 is 23.1 Å². The molecule has 2 aromatic heterocycles. The van der Waals surface area contributed by atoms with Crippen LogP contribution in [0.5, 0.6) is 0 Å². The predicted octanol–water partition coefficient (Wildman–Crippen LogP) is 3.68. The van der Waals surface area contributed by atoms with Gasteiger partial charge >= 0.3 is 0 Å². The Labute approximate surface area is 196 Å². The van der Waals surface area contributed by atoms with Crippen LogP contribution in [-0.4, -0.2) is 41.5 Å². The number of hydrogen-bond acceptors (Lipinski definition) is 6. The molecule has 1 amide bonds. The highest BCUT2D eigenvalue weighted by molar-refractivity contribution is 7.99. The van der Waals surface area contributed by atoms with Gasteiger partial charge in [-0.2, -0.15) is 0 Å². The zero-order valence-electron chi connectivity index (χ0n) is 18.6. The minimum Gasteiger partial charge on any atom is -0.383 e. The third-order valence-electron chi connectivity index (χ3n) is 5.81. The van der Waals surface area contributed by atoms with Crippen molar-refractivity contribution < 1.29 is 9.53 Å². The van der Waals surface area contributed by atoms with Gasteiger partial charge in [-0.1, -0.05) is 49.0 Å². The Hall–Kier alpha value is -2.16. The number of rotatable bonds is 9. The molecule has 6 nitrogen and oxygen atoms in total. The fraction of sp³-hybridized carbons (Fsp3) is 0.458. The highest BCUT2D eigenvalue weighted by Crippen LogP contribution is 2.36. The number of aromatic nitrogens is 2. The van der Waals surface area contributed by atoms with Gasteiger partial charge in [0, 0.05) is 25.1 Å². The number of methoxy groups -OCH3 is 1. The molecule has 0 bridgehead atoms. The molecule has 1 aliphatic rings. The number of hydrogen-bond donors (Lipinski definition) is 1. The van der Waals surface area contributed by atoms with Crippen LogP contribution in [0, 0.1) is 5.92 Å². The predicted molar refractivity (Wildman–Crippen MR) is 131 cm³/mol. The standard InChI is InChI=1S/C24H29N3O3S2/c1-16-8-9-18-19(14-16)32-22-21(18)23(29)27(12-10-17-6-4-3-5-7-17)24(26-22)31-15-20(28)25-11-13-30-2/h3-7,16H,8-15H2,1-2H3,(H,25,28). The van der Waals surface area contributed by atoms with E-state index in [1.165, 1.54) is 27.8 Å². The number of carbonyl (C=O) groups is 1. The van der Waals surface area contributed by atoms with Crippen LogP contribution in [0.15, 0.2) is 40.3 Å². The minimum atomic E-state index is -0.0877. The van der Waals surface area contributed by atoms with Gasteiger partial charge in [0.05, 0.1) is 17.7 Å². The zero-order chi connectivity index (χ0) is 22.5. The van der Waals surface area contributed by atoms with Crippen molar-refractivity contribution in [3.05, 3.63) is 56.7 Å². The van der Waals surface area contributed by atoms with Gasteiger partial charge in [-0.25, -0.2) is 4.98 Å². The molecule has 0 saturated heterocycles. The molecule has 0 aliphatic heterocycles. The number of benzene rings is 1. The maximum Gasteiger partial charge on any atom is 0.263 e. The quantitative estimate of drug-likeness (QED) is 0.293. The van der Waals surface area contributed by atoms with E-state index in [0.717, 1.165) is 35.9 Å². The van der Waals surface area contributed by atoms with E-state index in [0.29, 0.717) is 30.8 Å². The number of amides is 1. The normalized spacial score (nSPS) is 15.6. The Morgan fingerprint density at radius 2 is 2.16 bits per heavy atom. The molecule has 1 atom stereocenters. The number of thiophene rings is 1. The number of carbonyl (C=O) groups excluding carboxylic acids is 1. The van der Waals surface area contributed by atoms with Crippen LogP contribution in [0.4, 0.5) is 0 Å². The highest BCUT2D eigenvalue weighted by Gasteiger charge is 2.25. The largest absolute Gasteiger partial charge is 0.383 e. The van der Waals surface area contributed by atoms with Crippen molar-refractivity contribution in [3.63, 3.8) is 0 Å². The molecule has 0 saturated carbocycles. The number of ether oxygens (including phenoxy) is 1. The van der Waals surface area contributed by atoms with E-state index in [1.807, 2.05) is 18.2 Å². The summed E-state index contributed by atoms with van der Waals surface area (Å²) in [6, 6.07) is 10.2. The van der Waals surface area contributed by atoms with Crippen LogP contribution in [0.3, 0.4) is 0 Å². The Bertz CT molecular complexity index is 1140. The van der Waals surface area contributed by atoms with Crippen molar-refractivity contribution in [3.8, 4) is 0 Å². The molecule has 1 unspecified atom stereocenters. The average Bonchev–Trinajstić information content (AvgIpc) is 3.15. The Morgan fingerprint density at radius 1 is 1.34 bits per heavy atom. The summed E-state index contributed by atoms with van der Waals surface area (Å²) in [5, 5.41) is 4.24. The molecule has 170 valence electrons. The summed E-state index contributed by atoms with van der Waals surface area (Å²) in [5.41, 5.74) is 2.40. The minimum absolute atomic E-state index is 0.0280. The van der Waals surface area contributed by atoms with Crippen LogP contribution < -0.4 is 10.9 Å². The first-order valence-corrected chi connectivity index (χ1v) is 12.8. The number of aryl methyl sites for hydroxylation is 2. The van der Waals surface area contributed by atoms with E-state index in [4.69, 9.17) is 9.72 Å². The van der Waals surface area contributed by atoms with Crippen molar-refractivity contribution in [1.82, 2.24) is 14.9 Å². The summed E-state index contributed by atoms with van der Waals surface area (Å²) in [6.45, 7) is 3.75. The summed E-state index contributed by atoms with van der Waals surface area (Å²) in [6.07, 6.45) is 3.82. The summed E-state index contributed by atoms with van der Waals surface area (Å²) >= 11 is 2.98. The van der Waals surface area contributed by atoms with E-state index in [9.17, 15) is 9.59 Å². The number of thioether (sulfide) groups is 1. The zero-order valence-corrected chi connectivity index (χ0v) is 20.2. The first kappa shape index (κ1) is 23.0. The first-order valence-electron chi connectivity index (χ1n) is 11.0. The second kappa shape index (κ2) is 10.6. The maximum absolute atomic E-state index is 13.6. The van der Waals surface area contributed by atoms with Crippen LogP contribution in [0.25, 0.3) is 10.2 Å². The Morgan fingerprint density at radius 3 is 2.94 bits per heavy atom. The number of nitrogens with zero attached hydrogens (tertiary/aromatic N) is 2. The molecule has 2 heterocycles. The van der Waals surface area contributed by atoms with Gasteiger partial charge < -0.3 is 10.1 Å². The fourth-order valence-corrected chi connectivity index (χ4v) is 6.35. The van der Waals surface area contributed by atoms with Gasteiger partial charge in [0.2, 0.25) is 5.91 Å². The third-order valence-corrected chi connectivity index (χ3v) is 7.93. The molecule has 0 fully saturated rings. The molecular formula is C24H29N3O3S2. The second-order valence-electron chi connectivity index (χ2n) is 8.25. The third kappa shape index (κ3) is 5.24. The molecule has 0 spiro atoms. The van der Waals surface area contributed by atoms with Crippen molar-refractivity contribution in [2.75, 3.05) is 26.0 Å². The van der Waals surface area contributed by atoms with Gasteiger partial charge in [-0.3, -0.25) is 14.2 Å². The van der Waals surface area contributed by atoms with Gasteiger partial charge in [0.15, 0.2) is 5.16 Å². The van der Waals surface area contributed by atoms with E-state index in [2.05, 4.69) is 24.4 Å². The lowest BCUT2D eigenvalue weighted by Gasteiger charge is -2.17. The van der Waals surface area contributed by atoms with Gasteiger partial charge in [0.1, 0.15) is 4.83 Å². The average molecular weight is 472 g/mol. The monoisotopic (exact) mass is 471 g/mol. The summed E-state index contributed by atoms with van der Waals surface area (Å²) in [5.74, 6) is 0.769. The lowest BCUT2D eigenvalue weighted by atomic mass is 9.89. The van der Waals surface area contributed by atoms with Crippen molar-refractivity contribution in [2.45, 2.75) is 44.3 Å². The number of fused-ring (bicyclic) bond motifs is 3. The van der Waals surface area contributed by atoms with Crippen LogP contribution in [0.2, 0.25) is 0 Å². The molecule has 8 heteroatoms. The van der Waals surface area contributed by atoms with Crippen LogP contribution in [-0.2, 0) is 35.3 Å². The SMILES string of the molecule is COCCNC(=O)CSc1nc2sc3c(c2c(=O)n1CCc1ccccc1)CCC(C)C3. The molecule has 32 heavy (non-hydrogen) atoms. The van der Waals surface area contributed by atoms with E-state index in [-0.39, 0.29) is 17.2 Å². The fourth-order valence-electron chi connectivity index (χ4n) is 4.07. The molecule has 0 radical (unpaired) electrons. The van der Waals surface area contributed by atoms with Crippen LogP contribution in [0.1, 0.15) is 29.3 Å². The lowest BCUT2D eigenvalue weighted by Crippen LogP contribution is -2.29. The summed E-state index contributed by atoms with van der Waals surface area (Å²) in [4.78, 5) is 32.9.